The lowest BCUT2D eigenvalue weighted by molar-refractivity contribution is 0.253. The summed E-state index contributed by atoms with van der Waals surface area (Å²) in [6.45, 7) is 0. The molecule has 0 amide bonds. The fourth-order valence-electron chi connectivity index (χ4n) is 0.261. The van der Waals surface area contributed by atoms with Crippen LogP contribution in [-0.2, 0) is 4.42 Å². The first kappa shape index (κ1) is 3.93. The molecule has 1 nitrogen and oxygen atoms in total. The van der Waals surface area contributed by atoms with Crippen LogP contribution in [-0.4, -0.2) is 11.4 Å². The molecular weight excluding hydrogens is 96.1 g/mol. The van der Waals surface area contributed by atoms with Crippen LogP contribution in [0.5, 0.6) is 0 Å². The van der Waals surface area contributed by atoms with Gasteiger partial charge in [0.2, 0.25) is 0 Å². The molecule has 0 aliphatic carbocycles. The highest BCUT2D eigenvalue weighted by atomic mass is 32.2. The maximum absolute atomic E-state index is 4.73. The van der Waals surface area contributed by atoms with Gasteiger partial charge in [-0.2, -0.15) is 0 Å². The Kier molecular flexibility index (Phi) is 1.33. The molecule has 1 heterocycles. The Hall–Kier alpha value is -0.240. The van der Waals surface area contributed by atoms with E-state index in [-0.39, 0.29) is 0 Å². The van der Waals surface area contributed by atoms with Crippen molar-refractivity contribution in [3.8, 4) is 0 Å². The topological polar surface area (TPSA) is 11.3 Å². The van der Waals surface area contributed by atoms with E-state index in [1.807, 2.05) is 6.08 Å². The number of rotatable bonds is 0. The molecule has 32 valence electrons. The average Bonchev–Trinajstić information content (AvgIpc) is 1.72. The molecular formula is C4H5OS+. The molecule has 0 bridgehead atoms. The molecule has 1 aliphatic rings. The van der Waals surface area contributed by atoms with E-state index < -0.39 is 0 Å². The summed E-state index contributed by atoms with van der Waals surface area (Å²) < 4.78 is 4.73. The van der Waals surface area contributed by atoms with Crippen molar-refractivity contribution in [1.82, 2.24) is 0 Å². The minimum Gasteiger partial charge on any atom is -0.217 e. The first-order valence-electron chi connectivity index (χ1n) is 1.74. The lowest BCUT2D eigenvalue weighted by Gasteiger charge is -1.76. The zero-order chi connectivity index (χ0) is 4.24. The van der Waals surface area contributed by atoms with Crippen LogP contribution >= 0.6 is 11.8 Å². The maximum atomic E-state index is 4.73. The van der Waals surface area contributed by atoms with Crippen molar-refractivity contribution in [3.63, 3.8) is 0 Å². The van der Waals surface area contributed by atoms with E-state index in [9.17, 15) is 0 Å². The minimum atomic E-state index is 1.06. The van der Waals surface area contributed by atoms with Gasteiger partial charge in [0.05, 0.1) is 0 Å². The quantitative estimate of drug-likeness (QED) is 0.327. The Morgan fingerprint density at radius 1 is 1.67 bits per heavy atom. The molecule has 0 atom stereocenters. The van der Waals surface area contributed by atoms with Crippen molar-refractivity contribution in [2.24, 2.45) is 0 Å². The molecule has 0 radical (unpaired) electrons. The van der Waals surface area contributed by atoms with Gasteiger partial charge in [-0.05, 0) is 11.8 Å². The lowest BCUT2D eigenvalue weighted by atomic mass is 10.7. The molecule has 0 N–H and O–H groups in total. The van der Waals surface area contributed by atoms with E-state index in [2.05, 4.69) is 0 Å². The van der Waals surface area contributed by atoms with Gasteiger partial charge in [0.25, 0.3) is 0 Å². The smallest absolute Gasteiger partial charge is 0.217 e. The van der Waals surface area contributed by atoms with Gasteiger partial charge >= 0.3 is 11.9 Å². The van der Waals surface area contributed by atoms with E-state index in [1.165, 1.54) is 0 Å². The summed E-state index contributed by atoms with van der Waals surface area (Å²) in [5.41, 5.74) is 1.72. The third-order valence-corrected chi connectivity index (χ3v) is 1.12. The van der Waals surface area contributed by atoms with E-state index >= 15 is 0 Å². The Labute approximate surface area is 40.7 Å². The third kappa shape index (κ3) is 0.863. The van der Waals surface area contributed by atoms with Gasteiger partial charge in [0.1, 0.15) is 0 Å². The average molecular weight is 101 g/mol. The van der Waals surface area contributed by atoms with E-state index in [0.29, 0.717) is 0 Å². The van der Waals surface area contributed by atoms with Crippen LogP contribution < -0.4 is 0 Å². The molecule has 1 aliphatic heterocycles. The number of hydrogen-bond donors (Lipinski definition) is 0. The van der Waals surface area contributed by atoms with Crippen LogP contribution in [0.4, 0.5) is 0 Å². The molecule has 0 aromatic rings. The van der Waals surface area contributed by atoms with Gasteiger partial charge in [-0.15, -0.1) is 0 Å². The van der Waals surface area contributed by atoms with Gasteiger partial charge < -0.3 is 0 Å². The van der Waals surface area contributed by atoms with Crippen LogP contribution in [0.25, 0.3) is 0 Å². The van der Waals surface area contributed by atoms with Gasteiger partial charge in [-0.1, -0.05) is 0 Å². The zero-order valence-electron chi connectivity index (χ0n) is 3.26. The van der Waals surface area contributed by atoms with E-state index in [4.69, 9.17) is 4.42 Å². The van der Waals surface area contributed by atoms with Crippen LogP contribution in [0.15, 0.2) is 12.3 Å². The van der Waals surface area contributed by atoms with Crippen LogP contribution in [0.3, 0.4) is 0 Å². The Balaban J connectivity index is 2.46. The summed E-state index contributed by atoms with van der Waals surface area (Å²) in [5.74, 6) is 1.06. The maximum Gasteiger partial charge on any atom is 0.352 e. The summed E-state index contributed by atoms with van der Waals surface area (Å²) in [6, 6.07) is 0. The predicted octanol–water partition coefficient (Wildman–Crippen LogP) is 0.973. The predicted molar refractivity (Wildman–Crippen MR) is 28.3 cm³/mol. The van der Waals surface area contributed by atoms with Crippen molar-refractivity contribution in [1.29, 1.82) is 0 Å². The SMILES string of the molecule is C1=C[O+]=CSC1. The van der Waals surface area contributed by atoms with Crippen molar-refractivity contribution in [2.75, 3.05) is 5.75 Å². The fraction of sp³-hybridized carbons (Fsp3) is 0.250. The summed E-state index contributed by atoms with van der Waals surface area (Å²) in [6.07, 6.45) is 3.67. The molecule has 0 saturated heterocycles. The molecule has 1 rings (SSSR count). The normalized spacial score (nSPS) is 18.7. The van der Waals surface area contributed by atoms with Gasteiger partial charge in [0, 0.05) is 11.8 Å². The molecule has 0 spiro atoms. The van der Waals surface area contributed by atoms with Crippen LogP contribution in [0, 0.1) is 0 Å². The lowest BCUT2D eigenvalue weighted by Crippen LogP contribution is -1.77. The zero-order valence-corrected chi connectivity index (χ0v) is 4.07. The van der Waals surface area contributed by atoms with E-state index in [1.54, 1.807) is 23.6 Å². The van der Waals surface area contributed by atoms with Crippen molar-refractivity contribution in [2.45, 2.75) is 0 Å². The third-order valence-electron chi connectivity index (χ3n) is 0.491. The van der Waals surface area contributed by atoms with Gasteiger partial charge in [-0.25, -0.2) is 4.42 Å². The van der Waals surface area contributed by atoms with Crippen molar-refractivity contribution < 1.29 is 4.42 Å². The second kappa shape index (κ2) is 2.03. The second-order valence-electron chi connectivity index (χ2n) is 0.937. The molecule has 0 aromatic heterocycles. The Bertz CT molecular complexity index is 73.5. The largest absolute Gasteiger partial charge is 0.352 e. The summed E-state index contributed by atoms with van der Waals surface area (Å²) in [7, 11) is 0. The number of carbonyl (C=O) groups excluding carboxylic acids is 1. The van der Waals surface area contributed by atoms with Gasteiger partial charge in [0.15, 0.2) is 0 Å². The molecule has 0 saturated carbocycles. The minimum absolute atomic E-state index is 1.06. The molecule has 0 unspecified atom stereocenters. The Morgan fingerprint density at radius 3 is 2.83 bits per heavy atom. The molecule has 0 aromatic carbocycles. The van der Waals surface area contributed by atoms with Crippen LogP contribution in [0.1, 0.15) is 0 Å². The highest BCUT2D eigenvalue weighted by Gasteiger charge is 1.91. The first-order chi connectivity index (χ1) is 3.00. The summed E-state index contributed by atoms with van der Waals surface area (Å²) in [4.78, 5) is 0. The number of thioether (sulfide) groups is 1. The second-order valence-corrected chi connectivity index (χ2v) is 1.80. The van der Waals surface area contributed by atoms with Crippen molar-refractivity contribution >= 4 is 17.4 Å². The Morgan fingerprint density at radius 2 is 2.67 bits per heavy atom. The van der Waals surface area contributed by atoms with Crippen LogP contribution in [0.2, 0.25) is 0 Å². The standard InChI is InChI=1S/C4H5OS/c1-2-5-4-6-3-1/h1-2,4H,3H2/q+1. The highest BCUT2D eigenvalue weighted by Crippen LogP contribution is 1.96. The fourth-order valence-corrected chi connectivity index (χ4v) is 0.672. The van der Waals surface area contributed by atoms with Gasteiger partial charge in [-0.3, -0.25) is 0 Å². The number of hydrogen-bond acceptors (Lipinski definition) is 1. The summed E-state index contributed by atoms with van der Waals surface area (Å²) >= 11 is 1.66. The molecule has 6 heavy (non-hydrogen) atoms. The molecule has 0 fully saturated rings. The first-order valence-corrected chi connectivity index (χ1v) is 2.79. The van der Waals surface area contributed by atoms with Crippen molar-refractivity contribution in [3.05, 3.63) is 12.3 Å². The van der Waals surface area contributed by atoms with E-state index in [0.717, 1.165) is 5.75 Å². The molecule has 2 heteroatoms. The highest BCUT2D eigenvalue weighted by molar-refractivity contribution is 8.12. The summed E-state index contributed by atoms with van der Waals surface area (Å²) in [5, 5.41) is 0. The monoisotopic (exact) mass is 101 g/mol.